The number of aromatic nitrogens is 1. The van der Waals surface area contributed by atoms with Crippen molar-refractivity contribution in [2.24, 2.45) is 0 Å². The van der Waals surface area contributed by atoms with E-state index in [0.717, 1.165) is 23.6 Å². The fourth-order valence-electron chi connectivity index (χ4n) is 3.03. The van der Waals surface area contributed by atoms with Crippen molar-refractivity contribution in [3.63, 3.8) is 0 Å². The lowest BCUT2D eigenvalue weighted by atomic mass is 10.1. The first-order chi connectivity index (χ1) is 11.9. The Morgan fingerprint density at radius 1 is 1.24 bits per heavy atom. The van der Waals surface area contributed by atoms with Gasteiger partial charge >= 0.3 is 0 Å². The van der Waals surface area contributed by atoms with Gasteiger partial charge in [-0.3, -0.25) is 4.79 Å². The highest BCUT2D eigenvalue weighted by Crippen LogP contribution is 2.24. The Bertz CT molecular complexity index is 790. The molecule has 1 unspecified atom stereocenters. The standard InChI is InChI=1S/C18H19F2N3O2/c1-11-4-3-5-16(21-11)22-6-7-23(12(2)10-22)18(25)13-8-14(19)17(24)15(20)9-13/h3-5,8-9,12,24H,6-7,10H2,1-2H3. The van der Waals surface area contributed by atoms with Crippen LogP contribution in [0, 0.1) is 18.6 Å². The van der Waals surface area contributed by atoms with Crippen LogP contribution in [0.5, 0.6) is 5.75 Å². The quantitative estimate of drug-likeness (QED) is 0.908. The van der Waals surface area contributed by atoms with E-state index < -0.39 is 23.3 Å². The highest BCUT2D eigenvalue weighted by Gasteiger charge is 2.29. The van der Waals surface area contributed by atoms with Gasteiger partial charge in [-0.05, 0) is 38.1 Å². The molecule has 0 aliphatic carbocycles. The maximum atomic E-state index is 13.5. The number of rotatable bonds is 2. The summed E-state index contributed by atoms with van der Waals surface area (Å²) in [7, 11) is 0. The molecule has 25 heavy (non-hydrogen) atoms. The van der Waals surface area contributed by atoms with Crippen LogP contribution in [0.2, 0.25) is 0 Å². The summed E-state index contributed by atoms with van der Waals surface area (Å²) in [4.78, 5) is 20.8. The molecule has 2 heterocycles. The minimum atomic E-state index is -1.14. The fraction of sp³-hybridized carbons (Fsp3) is 0.333. The molecule has 132 valence electrons. The number of piperazine rings is 1. The Hall–Kier alpha value is -2.70. The molecule has 1 N–H and O–H groups in total. The number of halogens is 2. The molecule has 0 spiro atoms. The molecule has 5 nitrogen and oxygen atoms in total. The average molecular weight is 347 g/mol. The number of anilines is 1. The number of carbonyl (C=O) groups is 1. The van der Waals surface area contributed by atoms with Gasteiger partial charge in [-0.2, -0.15) is 0 Å². The van der Waals surface area contributed by atoms with Gasteiger partial charge in [0.25, 0.3) is 5.91 Å². The van der Waals surface area contributed by atoms with Gasteiger partial charge in [0.15, 0.2) is 17.4 Å². The number of phenolic OH excluding ortho intramolecular Hbond substituents is 1. The molecule has 1 atom stereocenters. The molecule has 1 aromatic carbocycles. The zero-order chi connectivity index (χ0) is 18.1. The van der Waals surface area contributed by atoms with Gasteiger partial charge in [0.05, 0.1) is 0 Å². The van der Waals surface area contributed by atoms with Crippen molar-refractivity contribution < 1.29 is 18.7 Å². The molecule has 1 aliphatic heterocycles. The van der Waals surface area contributed by atoms with E-state index in [9.17, 15) is 13.6 Å². The van der Waals surface area contributed by atoms with Gasteiger partial charge in [0.1, 0.15) is 5.82 Å². The second-order valence-electron chi connectivity index (χ2n) is 6.22. The van der Waals surface area contributed by atoms with Crippen LogP contribution in [-0.2, 0) is 0 Å². The minimum Gasteiger partial charge on any atom is -0.503 e. The molecule has 2 aromatic rings. The van der Waals surface area contributed by atoms with Gasteiger partial charge in [-0.25, -0.2) is 13.8 Å². The van der Waals surface area contributed by atoms with E-state index >= 15 is 0 Å². The number of carbonyl (C=O) groups excluding carboxylic acids is 1. The monoisotopic (exact) mass is 347 g/mol. The first kappa shape index (κ1) is 17.1. The van der Waals surface area contributed by atoms with Gasteiger partial charge in [0.2, 0.25) is 0 Å². The third kappa shape index (κ3) is 3.40. The number of phenols is 1. The highest BCUT2D eigenvalue weighted by atomic mass is 19.1. The van der Waals surface area contributed by atoms with E-state index in [2.05, 4.69) is 9.88 Å². The Kier molecular flexibility index (Phi) is 4.57. The Morgan fingerprint density at radius 3 is 2.52 bits per heavy atom. The van der Waals surface area contributed by atoms with Crippen LogP contribution in [-0.4, -0.2) is 46.6 Å². The van der Waals surface area contributed by atoms with E-state index in [-0.39, 0.29) is 11.6 Å². The predicted molar refractivity (Wildman–Crippen MR) is 89.7 cm³/mol. The SMILES string of the molecule is Cc1cccc(N2CCN(C(=O)c3cc(F)c(O)c(F)c3)C(C)C2)n1. The fourth-order valence-corrected chi connectivity index (χ4v) is 3.03. The topological polar surface area (TPSA) is 56.7 Å². The predicted octanol–water partition coefficient (Wildman–Crippen LogP) is 2.72. The number of amides is 1. The third-order valence-electron chi connectivity index (χ3n) is 4.35. The molecular formula is C18H19F2N3O2. The largest absolute Gasteiger partial charge is 0.503 e. The number of benzene rings is 1. The summed E-state index contributed by atoms with van der Waals surface area (Å²) in [5.74, 6) is -2.96. The molecule has 1 amide bonds. The number of aromatic hydroxyl groups is 1. The molecule has 1 aliphatic rings. The van der Waals surface area contributed by atoms with Crippen molar-refractivity contribution in [3.05, 3.63) is 53.2 Å². The van der Waals surface area contributed by atoms with Gasteiger partial charge in [-0.1, -0.05) is 6.07 Å². The second kappa shape index (κ2) is 6.66. The molecule has 3 rings (SSSR count). The van der Waals surface area contributed by atoms with E-state index in [1.807, 2.05) is 32.0 Å². The first-order valence-electron chi connectivity index (χ1n) is 8.04. The average Bonchev–Trinajstić information content (AvgIpc) is 2.58. The van der Waals surface area contributed by atoms with Crippen LogP contribution in [0.1, 0.15) is 23.0 Å². The minimum absolute atomic E-state index is 0.109. The molecule has 1 fully saturated rings. The molecule has 0 saturated carbocycles. The molecule has 1 aromatic heterocycles. The summed E-state index contributed by atoms with van der Waals surface area (Å²) in [6.07, 6.45) is 0. The van der Waals surface area contributed by atoms with Crippen molar-refractivity contribution >= 4 is 11.7 Å². The summed E-state index contributed by atoms with van der Waals surface area (Å²) in [5.41, 5.74) is 0.806. The maximum absolute atomic E-state index is 13.5. The highest BCUT2D eigenvalue weighted by molar-refractivity contribution is 5.94. The van der Waals surface area contributed by atoms with E-state index in [4.69, 9.17) is 5.11 Å². The lowest BCUT2D eigenvalue weighted by molar-refractivity contribution is 0.0672. The summed E-state index contributed by atoms with van der Waals surface area (Å²) in [6.45, 7) is 5.37. The van der Waals surface area contributed by atoms with Gasteiger partial charge < -0.3 is 14.9 Å². The second-order valence-corrected chi connectivity index (χ2v) is 6.22. The number of pyridine rings is 1. The van der Waals surface area contributed by atoms with Crippen molar-refractivity contribution in [1.29, 1.82) is 0 Å². The van der Waals surface area contributed by atoms with E-state index in [1.165, 1.54) is 0 Å². The number of nitrogens with zero attached hydrogens (tertiary/aromatic N) is 3. The van der Waals surface area contributed by atoms with E-state index in [1.54, 1.807) is 4.90 Å². The van der Waals surface area contributed by atoms with Crippen molar-refractivity contribution in [2.75, 3.05) is 24.5 Å². The Balaban J connectivity index is 1.76. The van der Waals surface area contributed by atoms with Gasteiger partial charge in [-0.15, -0.1) is 0 Å². The lowest BCUT2D eigenvalue weighted by Gasteiger charge is -2.40. The Labute approximate surface area is 144 Å². The zero-order valence-corrected chi connectivity index (χ0v) is 14.0. The molecule has 7 heteroatoms. The van der Waals surface area contributed by atoms with Crippen LogP contribution in [0.3, 0.4) is 0 Å². The van der Waals surface area contributed by atoms with Crippen LogP contribution in [0.25, 0.3) is 0 Å². The van der Waals surface area contributed by atoms with Crippen molar-refractivity contribution in [2.45, 2.75) is 19.9 Å². The summed E-state index contributed by atoms with van der Waals surface area (Å²) in [6, 6.07) is 7.34. The summed E-state index contributed by atoms with van der Waals surface area (Å²) < 4.78 is 27.0. The summed E-state index contributed by atoms with van der Waals surface area (Å²) in [5, 5.41) is 9.17. The molecular weight excluding hydrogens is 328 g/mol. The molecule has 0 bridgehead atoms. The lowest BCUT2D eigenvalue weighted by Crippen LogP contribution is -2.54. The van der Waals surface area contributed by atoms with Gasteiger partial charge in [0, 0.05) is 36.9 Å². The Morgan fingerprint density at radius 2 is 1.92 bits per heavy atom. The zero-order valence-electron chi connectivity index (χ0n) is 14.0. The smallest absolute Gasteiger partial charge is 0.254 e. The van der Waals surface area contributed by atoms with Crippen LogP contribution >= 0.6 is 0 Å². The van der Waals surface area contributed by atoms with Crippen molar-refractivity contribution in [1.82, 2.24) is 9.88 Å². The van der Waals surface area contributed by atoms with Crippen LogP contribution in [0.15, 0.2) is 30.3 Å². The maximum Gasteiger partial charge on any atom is 0.254 e. The van der Waals surface area contributed by atoms with Crippen LogP contribution in [0.4, 0.5) is 14.6 Å². The van der Waals surface area contributed by atoms with Crippen LogP contribution < -0.4 is 4.90 Å². The van der Waals surface area contributed by atoms with E-state index in [0.29, 0.717) is 19.6 Å². The number of aryl methyl sites for hydroxylation is 1. The normalized spacial score (nSPS) is 17.7. The first-order valence-corrected chi connectivity index (χ1v) is 8.04. The molecule has 0 radical (unpaired) electrons. The molecule has 1 saturated heterocycles. The number of hydrogen-bond donors (Lipinski definition) is 1. The number of hydrogen-bond acceptors (Lipinski definition) is 4. The summed E-state index contributed by atoms with van der Waals surface area (Å²) >= 11 is 0. The third-order valence-corrected chi connectivity index (χ3v) is 4.35. The van der Waals surface area contributed by atoms with Crippen molar-refractivity contribution in [3.8, 4) is 5.75 Å².